The summed E-state index contributed by atoms with van der Waals surface area (Å²) in [5.74, 6) is -2.35. The van der Waals surface area contributed by atoms with E-state index in [1.54, 1.807) is 0 Å². The van der Waals surface area contributed by atoms with E-state index in [4.69, 9.17) is 11.6 Å². The van der Waals surface area contributed by atoms with Crippen LogP contribution in [0.1, 0.15) is 12.8 Å². The molecule has 1 aromatic rings. The third kappa shape index (κ3) is 3.78. The molecule has 1 N–H and O–H groups in total. The number of nitrogens with zero attached hydrogens (tertiary/aromatic N) is 1. The molecule has 21 heavy (non-hydrogen) atoms. The zero-order valence-corrected chi connectivity index (χ0v) is 11.6. The van der Waals surface area contributed by atoms with Gasteiger partial charge in [0.25, 0.3) is 0 Å². The van der Waals surface area contributed by atoms with Crippen molar-refractivity contribution in [2.45, 2.75) is 19.0 Å². The Morgan fingerprint density at radius 3 is 2.76 bits per heavy atom. The molecule has 3 nitrogen and oxygen atoms in total. The van der Waals surface area contributed by atoms with Gasteiger partial charge in [-0.15, -0.1) is 0 Å². The number of amides is 2. The molecule has 0 radical (unpaired) electrons. The lowest BCUT2D eigenvalue weighted by atomic mass is 9.98. The van der Waals surface area contributed by atoms with Gasteiger partial charge < -0.3 is 10.2 Å². The highest BCUT2D eigenvalue weighted by atomic mass is 35.5. The smallest absolute Gasteiger partial charge is 0.324 e. The molecule has 116 valence electrons. The molecule has 1 heterocycles. The molecule has 1 fully saturated rings. The summed E-state index contributed by atoms with van der Waals surface area (Å²) in [6, 6.07) is 3.29. The van der Waals surface area contributed by atoms with Crippen LogP contribution in [0.3, 0.4) is 0 Å². The Morgan fingerprint density at radius 1 is 1.38 bits per heavy atom. The molecule has 1 atom stereocenters. The Labute approximate surface area is 123 Å². The Morgan fingerprint density at radius 2 is 2.10 bits per heavy atom. The van der Waals surface area contributed by atoms with Crippen LogP contribution in [0.5, 0.6) is 0 Å². The highest BCUT2D eigenvalue weighted by molar-refractivity contribution is 6.31. The zero-order valence-electron chi connectivity index (χ0n) is 10.9. The third-order valence-electron chi connectivity index (χ3n) is 3.36. The second-order valence-corrected chi connectivity index (χ2v) is 5.27. The van der Waals surface area contributed by atoms with E-state index in [2.05, 4.69) is 5.32 Å². The lowest BCUT2D eigenvalue weighted by molar-refractivity contribution is -0.183. The molecule has 2 rings (SSSR count). The summed E-state index contributed by atoms with van der Waals surface area (Å²) in [5.41, 5.74) is -0.151. The zero-order chi connectivity index (χ0) is 15.6. The minimum absolute atomic E-state index is 0.00118. The topological polar surface area (TPSA) is 32.3 Å². The molecule has 0 saturated carbocycles. The van der Waals surface area contributed by atoms with E-state index < -0.39 is 30.5 Å². The molecule has 1 aliphatic rings. The van der Waals surface area contributed by atoms with Gasteiger partial charge in [0.15, 0.2) is 5.82 Å². The largest absolute Gasteiger partial charge is 0.393 e. The number of rotatable bonds is 1. The lowest BCUT2D eigenvalue weighted by Gasteiger charge is -2.33. The fourth-order valence-corrected chi connectivity index (χ4v) is 2.40. The molecule has 1 aromatic carbocycles. The number of anilines is 1. The average Bonchev–Trinajstić information content (AvgIpc) is 2.43. The first-order valence-corrected chi connectivity index (χ1v) is 6.73. The van der Waals surface area contributed by atoms with Gasteiger partial charge in [0.05, 0.1) is 16.6 Å². The van der Waals surface area contributed by atoms with Gasteiger partial charge in [-0.25, -0.2) is 9.18 Å². The summed E-state index contributed by atoms with van der Waals surface area (Å²) in [4.78, 5) is 13.0. The van der Waals surface area contributed by atoms with Crippen molar-refractivity contribution in [1.82, 2.24) is 4.90 Å². The van der Waals surface area contributed by atoms with Crippen LogP contribution in [-0.4, -0.2) is 30.2 Å². The molecular formula is C13H13ClF4N2O. The first-order chi connectivity index (χ1) is 9.79. The van der Waals surface area contributed by atoms with Gasteiger partial charge in [-0.05, 0) is 25.0 Å². The van der Waals surface area contributed by atoms with Crippen molar-refractivity contribution >= 4 is 23.3 Å². The Balaban J connectivity index is 2.05. The summed E-state index contributed by atoms with van der Waals surface area (Å²) in [7, 11) is 0. The van der Waals surface area contributed by atoms with Crippen LogP contribution in [0, 0.1) is 11.7 Å². The van der Waals surface area contributed by atoms with Gasteiger partial charge in [0, 0.05) is 13.1 Å². The molecule has 0 aliphatic carbocycles. The van der Waals surface area contributed by atoms with E-state index in [0.717, 1.165) is 4.90 Å². The molecule has 8 heteroatoms. The maximum Gasteiger partial charge on any atom is 0.393 e. The number of nitrogens with one attached hydrogen (secondary N) is 1. The van der Waals surface area contributed by atoms with Crippen LogP contribution in [0.15, 0.2) is 18.2 Å². The van der Waals surface area contributed by atoms with Crippen LogP contribution in [0.2, 0.25) is 5.02 Å². The van der Waals surface area contributed by atoms with E-state index >= 15 is 0 Å². The molecule has 1 aliphatic heterocycles. The van der Waals surface area contributed by atoms with Crippen molar-refractivity contribution in [2.75, 3.05) is 18.4 Å². The van der Waals surface area contributed by atoms with Crippen LogP contribution >= 0.6 is 11.6 Å². The molecule has 0 bridgehead atoms. The lowest BCUT2D eigenvalue weighted by Crippen LogP contribution is -2.46. The van der Waals surface area contributed by atoms with Crippen LogP contribution in [0.4, 0.5) is 28.0 Å². The predicted molar refractivity (Wildman–Crippen MR) is 70.8 cm³/mol. The van der Waals surface area contributed by atoms with Gasteiger partial charge >= 0.3 is 12.2 Å². The van der Waals surface area contributed by atoms with Crippen molar-refractivity contribution in [3.63, 3.8) is 0 Å². The monoisotopic (exact) mass is 324 g/mol. The highest BCUT2D eigenvalue weighted by Gasteiger charge is 2.42. The fraction of sp³-hybridized carbons (Fsp3) is 0.462. The van der Waals surface area contributed by atoms with Crippen molar-refractivity contribution in [2.24, 2.45) is 5.92 Å². The second-order valence-electron chi connectivity index (χ2n) is 4.86. The van der Waals surface area contributed by atoms with Crippen molar-refractivity contribution in [3.05, 3.63) is 29.0 Å². The maximum absolute atomic E-state index is 13.6. The molecule has 0 unspecified atom stereocenters. The number of carbonyl (C=O) groups is 1. The third-order valence-corrected chi connectivity index (χ3v) is 3.66. The van der Waals surface area contributed by atoms with E-state index in [-0.39, 0.29) is 30.1 Å². The first kappa shape index (κ1) is 15.9. The number of hydrogen-bond acceptors (Lipinski definition) is 1. The number of likely N-dealkylation sites (tertiary alicyclic amines) is 1. The average molecular weight is 325 g/mol. The summed E-state index contributed by atoms with van der Waals surface area (Å²) >= 11 is 5.58. The summed E-state index contributed by atoms with van der Waals surface area (Å²) in [6.07, 6.45) is -4.07. The van der Waals surface area contributed by atoms with Gasteiger partial charge in [0.1, 0.15) is 0 Å². The summed E-state index contributed by atoms with van der Waals surface area (Å²) < 4.78 is 51.7. The second kappa shape index (κ2) is 6.09. The highest BCUT2D eigenvalue weighted by Crippen LogP contribution is 2.33. The minimum Gasteiger partial charge on any atom is -0.324 e. The Hall–Kier alpha value is -1.50. The van der Waals surface area contributed by atoms with Crippen molar-refractivity contribution < 1.29 is 22.4 Å². The fourth-order valence-electron chi connectivity index (χ4n) is 2.22. The molecule has 0 spiro atoms. The number of piperidine rings is 1. The number of benzene rings is 1. The van der Waals surface area contributed by atoms with E-state index in [0.29, 0.717) is 0 Å². The number of carbonyl (C=O) groups excluding carboxylic acids is 1. The normalized spacial score (nSPS) is 19.5. The van der Waals surface area contributed by atoms with Gasteiger partial charge in [-0.2, -0.15) is 13.2 Å². The summed E-state index contributed by atoms with van der Waals surface area (Å²) in [5, 5.41) is 2.09. The first-order valence-electron chi connectivity index (χ1n) is 6.35. The summed E-state index contributed by atoms with van der Waals surface area (Å²) in [6.45, 7) is -0.210. The van der Waals surface area contributed by atoms with Crippen LogP contribution in [0.25, 0.3) is 0 Å². The number of halogens is 5. The van der Waals surface area contributed by atoms with Gasteiger partial charge in [-0.1, -0.05) is 17.7 Å². The van der Waals surface area contributed by atoms with Gasteiger partial charge in [-0.3, -0.25) is 0 Å². The van der Waals surface area contributed by atoms with E-state index in [9.17, 15) is 22.4 Å². The number of urea groups is 1. The number of hydrogen-bond donors (Lipinski definition) is 1. The van der Waals surface area contributed by atoms with Crippen molar-refractivity contribution in [1.29, 1.82) is 0 Å². The Bertz CT molecular complexity index is 535. The van der Waals surface area contributed by atoms with E-state index in [1.165, 1.54) is 18.2 Å². The number of alkyl halides is 3. The maximum atomic E-state index is 13.6. The molecular weight excluding hydrogens is 312 g/mol. The molecule has 2 amide bonds. The van der Waals surface area contributed by atoms with E-state index in [1.807, 2.05) is 0 Å². The molecule has 0 aromatic heterocycles. The van der Waals surface area contributed by atoms with Crippen LogP contribution < -0.4 is 5.32 Å². The van der Waals surface area contributed by atoms with Crippen molar-refractivity contribution in [3.8, 4) is 0 Å². The SMILES string of the molecule is O=C(Nc1cccc(Cl)c1F)N1CCC[C@@H](C(F)(F)F)C1. The predicted octanol–water partition coefficient (Wildman–Crippen LogP) is 4.29. The molecule has 1 saturated heterocycles. The standard InChI is InChI=1S/C13H13ClF4N2O/c14-9-4-1-5-10(11(9)15)19-12(21)20-6-2-3-8(7-20)13(16,17)18/h1,4-5,8H,2-3,6-7H2,(H,19,21)/t8-/m1/s1. The quantitative estimate of drug-likeness (QED) is 0.768. The van der Waals surface area contributed by atoms with Gasteiger partial charge in [0.2, 0.25) is 0 Å². The van der Waals surface area contributed by atoms with Crippen LogP contribution in [-0.2, 0) is 0 Å². The minimum atomic E-state index is -4.33. The Kier molecular flexibility index (Phi) is 4.61.